The fourth-order valence-corrected chi connectivity index (χ4v) is 3.31. The van der Waals surface area contributed by atoms with E-state index >= 15 is 0 Å². The maximum absolute atomic E-state index is 12.6. The lowest BCUT2D eigenvalue weighted by molar-refractivity contribution is -0.117. The number of nitrogens with zero attached hydrogens (tertiary/aromatic N) is 3. The van der Waals surface area contributed by atoms with Crippen LogP contribution in [-0.4, -0.2) is 36.8 Å². The van der Waals surface area contributed by atoms with Crippen molar-refractivity contribution < 1.29 is 18.8 Å². The van der Waals surface area contributed by atoms with Gasteiger partial charge < -0.3 is 18.9 Å². The van der Waals surface area contributed by atoms with Crippen LogP contribution in [-0.2, 0) is 4.79 Å². The van der Waals surface area contributed by atoms with Crippen molar-refractivity contribution in [1.82, 2.24) is 10.1 Å². The van der Waals surface area contributed by atoms with Crippen LogP contribution in [0.3, 0.4) is 0 Å². The molecule has 1 fully saturated rings. The lowest BCUT2D eigenvalue weighted by atomic mass is 10.1. The Hall–Kier alpha value is -3.06. The minimum absolute atomic E-state index is 0.0217. The van der Waals surface area contributed by atoms with E-state index in [9.17, 15) is 4.79 Å². The van der Waals surface area contributed by atoms with E-state index in [4.69, 9.17) is 25.6 Å². The molecule has 0 aliphatic carbocycles. The van der Waals surface area contributed by atoms with Crippen molar-refractivity contribution in [2.45, 2.75) is 12.3 Å². The van der Waals surface area contributed by atoms with Crippen LogP contribution >= 0.6 is 11.6 Å². The maximum atomic E-state index is 12.6. The van der Waals surface area contributed by atoms with Crippen LogP contribution in [0.2, 0.25) is 5.02 Å². The molecule has 1 saturated heterocycles. The SMILES string of the molecule is COc1cc(OC)cc(N2CC(c3nc(-c4ccc(Cl)cc4)no3)CC2=O)c1. The van der Waals surface area contributed by atoms with Crippen molar-refractivity contribution in [2.75, 3.05) is 25.7 Å². The molecule has 1 aliphatic rings. The third-order valence-corrected chi connectivity index (χ3v) is 4.92. The third-order valence-electron chi connectivity index (χ3n) is 4.67. The quantitative estimate of drug-likeness (QED) is 0.647. The van der Waals surface area contributed by atoms with Crippen LogP contribution in [0, 0.1) is 0 Å². The van der Waals surface area contributed by atoms with Gasteiger partial charge in [0.1, 0.15) is 11.5 Å². The Kier molecular flexibility index (Phi) is 4.92. The third kappa shape index (κ3) is 3.53. The number of methoxy groups -OCH3 is 2. The minimum atomic E-state index is -0.182. The second-order valence-corrected chi connectivity index (χ2v) is 6.88. The summed E-state index contributed by atoms with van der Waals surface area (Å²) in [5.41, 5.74) is 1.51. The minimum Gasteiger partial charge on any atom is -0.497 e. The summed E-state index contributed by atoms with van der Waals surface area (Å²) < 4.78 is 16.0. The fourth-order valence-electron chi connectivity index (χ4n) is 3.19. The zero-order chi connectivity index (χ0) is 19.7. The largest absolute Gasteiger partial charge is 0.497 e. The zero-order valence-corrected chi connectivity index (χ0v) is 16.1. The lowest BCUT2D eigenvalue weighted by Crippen LogP contribution is -2.24. The van der Waals surface area contributed by atoms with Gasteiger partial charge in [-0.2, -0.15) is 4.98 Å². The number of rotatable bonds is 5. The number of hydrogen-bond donors (Lipinski definition) is 0. The van der Waals surface area contributed by atoms with Gasteiger partial charge in [-0.25, -0.2) is 0 Å². The van der Waals surface area contributed by atoms with Crippen LogP contribution in [0.4, 0.5) is 5.69 Å². The number of hydrogen-bond acceptors (Lipinski definition) is 6. The molecule has 2 heterocycles. The molecule has 1 amide bonds. The van der Waals surface area contributed by atoms with E-state index in [1.54, 1.807) is 49.5 Å². The summed E-state index contributed by atoms with van der Waals surface area (Å²) in [5.74, 6) is 1.95. The van der Waals surface area contributed by atoms with Gasteiger partial charge in [0, 0.05) is 41.8 Å². The predicted octanol–water partition coefficient (Wildman–Crippen LogP) is 3.93. The second kappa shape index (κ2) is 7.52. The Morgan fingerprint density at radius 1 is 1.11 bits per heavy atom. The van der Waals surface area contributed by atoms with E-state index in [1.807, 2.05) is 12.1 Å². The number of benzene rings is 2. The Bertz CT molecular complexity index is 981. The molecule has 1 aliphatic heterocycles. The zero-order valence-electron chi connectivity index (χ0n) is 15.4. The van der Waals surface area contributed by atoms with Crippen LogP contribution in [0.1, 0.15) is 18.2 Å². The molecular formula is C20H18ClN3O4. The molecule has 28 heavy (non-hydrogen) atoms. The Labute approximate surface area is 166 Å². The molecule has 0 radical (unpaired) electrons. The first-order chi connectivity index (χ1) is 13.6. The number of amides is 1. The van der Waals surface area contributed by atoms with Crippen LogP contribution in [0.5, 0.6) is 11.5 Å². The van der Waals surface area contributed by atoms with Crippen LogP contribution < -0.4 is 14.4 Å². The highest BCUT2D eigenvalue weighted by Gasteiger charge is 2.35. The Morgan fingerprint density at radius 3 is 2.43 bits per heavy atom. The van der Waals surface area contributed by atoms with Gasteiger partial charge in [0.25, 0.3) is 0 Å². The standard InChI is InChI=1S/C20H18ClN3O4/c1-26-16-8-15(9-17(10-16)27-2)24-11-13(7-18(24)25)20-22-19(23-28-20)12-3-5-14(21)6-4-12/h3-6,8-10,13H,7,11H2,1-2H3. The average molecular weight is 400 g/mol. The normalized spacial score (nSPS) is 16.5. The number of carbonyl (C=O) groups is 1. The molecule has 0 N–H and O–H groups in total. The van der Waals surface area contributed by atoms with Crippen LogP contribution in [0.25, 0.3) is 11.4 Å². The number of ether oxygens (including phenoxy) is 2. The molecular weight excluding hydrogens is 382 g/mol. The first kappa shape index (κ1) is 18.3. The fraction of sp³-hybridized carbons (Fsp3) is 0.250. The summed E-state index contributed by atoms with van der Waals surface area (Å²) in [6.45, 7) is 0.442. The van der Waals surface area contributed by atoms with Crippen molar-refractivity contribution in [3.8, 4) is 22.9 Å². The molecule has 7 nitrogen and oxygen atoms in total. The van der Waals surface area contributed by atoms with Gasteiger partial charge in [-0.1, -0.05) is 16.8 Å². The van der Waals surface area contributed by atoms with Crippen LogP contribution in [0.15, 0.2) is 47.0 Å². The molecule has 144 valence electrons. The first-order valence-corrected chi connectivity index (χ1v) is 9.08. The lowest BCUT2D eigenvalue weighted by Gasteiger charge is -2.18. The number of aromatic nitrogens is 2. The topological polar surface area (TPSA) is 77.7 Å². The summed E-state index contributed by atoms with van der Waals surface area (Å²) in [4.78, 5) is 18.8. The van der Waals surface area contributed by atoms with E-state index in [-0.39, 0.29) is 11.8 Å². The monoisotopic (exact) mass is 399 g/mol. The highest BCUT2D eigenvalue weighted by atomic mass is 35.5. The van der Waals surface area contributed by atoms with Crippen molar-refractivity contribution in [1.29, 1.82) is 0 Å². The molecule has 0 saturated carbocycles. The summed E-state index contributed by atoms with van der Waals surface area (Å²) >= 11 is 5.92. The number of carbonyl (C=O) groups excluding carboxylic acids is 1. The predicted molar refractivity (Wildman–Crippen MR) is 104 cm³/mol. The van der Waals surface area contributed by atoms with Gasteiger partial charge in [0.05, 0.1) is 25.8 Å². The van der Waals surface area contributed by atoms with Gasteiger partial charge in [-0.3, -0.25) is 4.79 Å². The Morgan fingerprint density at radius 2 is 1.79 bits per heavy atom. The van der Waals surface area contributed by atoms with Gasteiger partial charge in [0.2, 0.25) is 17.6 Å². The van der Waals surface area contributed by atoms with E-state index in [0.717, 1.165) is 5.56 Å². The van der Waals surface area contributed by atoms with E-state index in [0.29, 0.717) is 46.9 Å². The second-order valence-electron chi connectivity index (χ2n) is 6.44. The van der Waals surface area contributed by atoms with E-state index in [2.05, 4.69) is 10.1 Å². The highest BCUT2D eigenvalue weighted by molar-refractivity contribution is 6.30. The van der Waals surface area contributed by atoms with Crippen molar-refractivity contribution >= 4 is 23.2 Å². The molecule has 1 aromatic heterocycles. The molecule has 4 rings (SSSR count). The highest BCUT2D eigenvalue weighted by Crippen LogP contribution is 2.35. The summed E-state index contributed by atoms with van der Waals surface area (Å²) in [7, 11) is 3.15. The van der Waals surface area contributed by atoms with Gasteiger partial charge in [0.15, 0.2) is 0 Å². The van der Waals surface area contributed by atoms with Gasteiger partial charge in [-0.05, 0) is 24.3 Å². The van der Waals surface area contributed by atoms with Gasteiger partial charge in [-0.15, -0.1) is 0 Å². The van der Waals surface area contributed by atoms with Crippen molar-refractivity contribution in [3.63, 3.8) is 0 Å². The molecule has 0 spiro atoms. The maximum Gasteiger partial charge on any atom is 0.232 e. The molecule has 3 aromatic rings. The number of anilines is 1. The van der Waals surface area contributed by atoms with Gasteiger partial charge >= 0.3 is 0 Å². The molecule has 1 unspecified atom stereocenters. The van der Waals surface area contributed by atoms with E-state index in [1.165, 1.54) is 0 Å². The molecule has 1 atom stereocenters. The summed E-state index contributed by atoms with van der Waals surface area (Å²) in [5, 5.41) is 4.68. The smallest absolute Gasteiger partial charge is 0.232 e. The summed E-state index contributed by atoms with van der Waals surface area (Å²) in [6, 6.07) is 12.6. The average Bonchev–Trinajstić information content (AvgIpc) is 3.35. The molecule has 0 bridgehead atoms. The molecule has 8 heteroatoms. The van der Waals surface area contributed by atoms with E-state index < -0.39 is 0 Å². The number of halogens is 1. The van der Waals surface area contributed by atoms with Crippen molar-refractivity contribution in [3.05, 3.63) is 53.4 Å². The Balaban J connectivity index is 1.56. The molecule has 2 aromatic carbocycles. The van der Waals surface area contributed by atoms with Crippen molar-refractivity contribution in [2.24, 2.45) is 0 Å². The first-order valence-electron chi connectivity index (χ1n) is 8.70. The summed E-state index contributed by atoms with van der Waals surface area (Å²) in [6.07, 6.45) is 0.293.